The van der Waals surface area contributed by atoms with Gasteiger partial charge in [-0.05, 0) is 57.1 Å². The van der Waals surface area contributed by atoms with Crippen molar-refractivity contribution in [3.63, 3.8) is 0 Å². The van der Waals surface area contributed by atoms with Gasteiger partial charge >= 0.3 is 0 Å². The molecule has 3 saturated carbocycles. The van der Waals surface area contributed by atoms with Crippen LogP contribution in [0.15, 0.2) is 28.9 Å². The SMILES string of the molecule is Cc1oncc1C(=O)NC12CCC(NC(=O)COc3ccc(Cl)c(F)c3)(CC1)C(C)C2. The van der Waals surface area contributed by atoms with E-state index in [1.807, 2.05) is 0 Å². The molecule has 2 bridgehead atoms. The van der Waals surface area contributed by atoms with Crippen LogP contribution in [0.3, 0.4) is 0 Å². The van der Waals surface area contributed by atoms with Crippen molar-refractivity contribution >= 4 is 23.4 Å². The molecule has 7 nitrogen and oxygen atoms in total. The Balaban J connectivity index is 1.35. The smallest absolute Gasteiger partial charge is 0.258 e. The fourth-order valence-electron chi connectivity index (χ4n) is 4.93. The lowest BCUT2D eigenvalue weighted by Gasteiger charge is -2.57. The lowest BCUT2D eigenvalue weighted by molar-refractivity contribution is -0.128. The molecule has 2 amide bonds. The number of rotatable bonds is 6. The van der Waals surface area contributed by atoms with Crippen LogP contribution in [0.2, 0.25) is 5.02 Å². The zero-order valence-electron chi connectivity index (χ0n) is 17.5. The van der Waals surface area contributed by atoms with E-state index in [2.05, 4.69) is 22.7 Å². The average Bonchev–Trinajstić information content (AvgIpc) is 3.16. The molecule has 1 unspecified atom stereocenters. The second kappa shape index (κ2) is 8.15. The number of aromatic nitrogens is 1. The van der Waals surface area contributed by atoms with E-state index in [1.165, 1.54) is 18.3 Å². The highest BCUT2D eigenvalue weighted by Gasteiger charge is 2.54. The van der Waals surface area contributed by atoms with Gasteiger partial charge in [0.05, 0.1) is 11.2 Å². The van der Waals surface area contributed by atoms with Crippen LogP contribution in [0.25, 0.3) is 0 Å². The van der Waals surface area contributed by atoms with Crippen molar-refractivity contribution in [1.29, 1.82) is 0 Å². The fraction of sp³-hybridized carbons (Fsp3) is 0.500. The highest BCUT2D eigenvalue weighted by atomic mass is 35.5. The van der Waals surface area contributed by atoms with E-state index >= 15 is 0 Å². The number of halogens is 2. The summed E-state index contributed by atoms with van der Waals surface area (Å²) in [6, 6.07) is 4.07. The molecule has 3 fully saturated rings. The maximum absolute atomic E-state index is 13.5. The number of nitrogens with zero attached hydrogens (tertiary/aromatic N) is 1. The summed E-state index contributed by atoms with van der Waals surface area (Å²) in [5, 5.41) is 10.0. The van der Waals surface area contributed by atoms with E-state index in [-0.39, 0.29) is 46.2 Å². The molecule has 0 saturated heterocycles. The summed E-state index contributed by atoms with van der Waals surface area (Å²) >= 11 is 5.67. The monoisotopic (exact) mass is 449 g/mol. The predicted octanol–water partition coefficient (Wildman–Crippen LogP) is 3.79. The summed E-state index contributed by atoms with van der Waals surface area (Å²) < 4.78 is 24.0. The van der Waals surface area contributed by atoms with Gasteiger partial charge in [-0.3, -0.25) is 9.59 Å². The number of benzene rings is 1. The number of aryl methyl sites for hydroxylation is 1. The van der Waals surface area contributed by atoms with Crippen molar-refractivity contribution in [2.45, 2.75) is 57.0 Å². The second-order valence-corrected chi connectivity index (χ2v) is 9.11. The van der Waals surface area contributed by atoms with Crippen LogP contribution in [0.1, 0.15) is 55.1 Å². The molecule has 9 heteroatoms. The van der Waals surface area contributed by atoms with Gasteiger partial charge in [0.15, 0.2) is 6.61 Å². The summed E-state index contributed by atoms with van der Waals surface area (Å²) in [6.07, 6.45) is 5.28. The predicted molar refractivity (Wildman–Crippen MR) is 111 cm³/mol. The lowest BCUT2D eigenvalue weighted by atomic mass is 9.56. The highest BCUT2D eigenvalue weighted by molar-refractivity contribution is 6.30. The van der Waals surface area contributed by atoms with Gasteiger partial charge in [0.25, 0.3) is 11.8 Å². The van der Waals surface area contributed by atoms with Gasteiger partial charge in [-0.15, -0.1) is 0 Å². The Bertz CT molecular complexity index is 1000. The first-order valence-corrected chi connectivity index (χ1v) is 10.7. The molecule has 2 N–H and O–H groups in total. The van der Waals surface area contributed by atoms with Gasteiger partial charge in [-0.1, -0.05) is 23.7 Å². The largest absolute Gasteiger partial charge is 0.484 e. The van der Waals surface area contributed by atoms with Crippen molar-refractivity contribution in [2.75, 3.05) is 6.61 Å². The van der Waals surface area contributed by atoms with E-state index in [9.17, 15) is 14.0 Å². The molecule has 1 heterocycles. The zero-order chi connectivity index (χ0) is 22.2. The molecule has 166 valence electrons. The third kappa shape index (κ3) is 4.26. The number of nitrogens with one attached hydrogen (secondary N) is 2. The Morgan fingerprint density at radius 2 is 2.03 bits per heavy atom. The Labute approximate surface area is 184 Å². The van der Waals surface area contributed by atoms with E-state index in [1.54, 1.807) is 6.92 Å². The van der Waals surface area contributed by atoms with Crippen LogP contribution < -0.4 is 15.4 Å². The van der Waals surface area contributed by atoms with Crippen molar-refractivity contribution in [2.24, 2.45) is 5.92 Å². The molecule has 31 heavy (non-hydrogen) atoms. The summed E-state index contributed by atoms with van der Waals surface area (Å²) in [6.45, 7) is 3.61. The molecule has 1 aromatic heterocycles. The van der Waals surface area contributed by atoms with E-state index < -0.39 is 5.82 Å². The summed E-state index contributed by atoms with van der Waals surface area (Å²) in [7, 11) is 0. The lowest BCUT2D eigenvalue weighted by Crippen LogP contribution is -2.67. The zero-order valence-corrected chi connectivity index (χ0v) is 18.2. The molecule has 3 aliphatic rings. The van der Waals surface area contributed by atoms with Crippen molar-refractivity contribution in [3.05, 3.63) is 46.6 Å². The molecule has 3 aliphatic carbocycles. The Morgan fingerprint density at radius 3 is 2.65 bits per heavy atom. The molecule has 0 radical (unpaired) electrons. The van der Waals surface area contributed by atoms with Gasteiger partial charge in [-0.25, -0.2) is 4.39 Å². The Morgan fingerprint density at radius 1 is 1.29 bits per heavy atom. The minimum absolute atomic E-state index is 0.00342. The minimum atomic E-state index is -0.592. The third-order valence-corrected chi connectivity index (χ3v) is 7.07. The summed E-state index contributed by atoms with van der Waals surface area (Å²) in [5.41, 5.74) is -0.163. The van der Waals surface area contributed by atoms with Crippen LogP contribution in [-0.4, -0.2) is 34.7 Å². The van der Waals surface area contributed by atoms with Crippen LogP contribution in [0.4, 0.5) is 4.39 Å². The molecule has 2 aromatic rings. The van der Waals surface area contributed by atoms with Crippen LogP contribution in [0.5, 0.6) is 5.75 Å². The van der Waals surface area contributed by atoms with Gasteiger partial charge in [0, 0.05) is 17.1 Å². The summed E-state index contributed by atoms with van der Waals surface area (Å²) in [5.74, 6) is -0.0907. The van der Waals surface area contributed by atoms with Crippen LogP contribution >= 0.6 is 11.6 Å². The maximum Gasteiger partial charge on any atom is 0.258 e. The van der Waals surface area contributed by atoms with E-state index in [0.29, 0.717) is 11.3 Å². The van der Waals surface area contributed by atoms with Crippen molar-refractivity contribution in [1.82, 2.24) is 15.8 Å². The number of amides is 2. The first-order chi connectivity index (χ1) is 14.7. The Kier molecular flexibility index (Phi) is 5.68. The second-order valence-electron chi connectivity index (χ2n) is 8.70. The van der Waals surface area contributed by atoms with Crippen molar-refractivity contribution < 1.29 is 23.2 Å². The first kappa shape index (κ1) is 21.6. The summed E-state index contributed by atoms with van der Waals surface area (Å²) in [4.78, 5) is 25.2. The van der Waals surface area contributed by atoms with Gasteiger partial charge in [0.2, 0.25) is 0 Å². The Hall–Kier alpha value is -2.61. The number of hydrogen-bond acceptors (Lipinski definition) is 5. The van der Waals surface area contributed by atoms with Crippen molar-refractivity contribution in [3.8, 4) is 5.75 Å². The number of hydrogen-bond donors (Lipinski definition) is 2. The highest BCUT2D eigenvalue weighted by Crippen LogP contribution is 2.50. The van der Waals surface area contributed by atoms with Gasteiger partial charge < -0.3 is 19.9 Å². The number of carbonyl (C=O) groups excluding carboxylic acids is 2. The molecular weight excluding hydrogens is 425 g/mol. The molecule has 5 rings (SSSR count). The van der Waals surface area contributed by atoms with E-state index in [4.69, 9.17) is 20.9 Å². The molecule has 0 aliphatic heterocycles. The van der Waals surface area contributed by atoms with Crippen LogP contribution in [-0.2, 0) is 4.79 Å². The molecular formula is C22H25ClFN3O4. The number of fused-ring (bicyclic) bond motifs is 3. The molecule has 0 spiro atoms. The number of carbonyl (C=O) groups is 2. The maximum atomic E-state index is 13.5. The quantitative estimate of drug-likeness (QED) is 0.699. The normalized spacial score (nSPS) is 27.0. The first-order valence-electron chi connectivity index (χ1n) is 10.3. The minimum Gasteiger partial charge on any atom is -0.484 e. The molecule has 1 aromatic carbocycles. The van der Waals surface area contributed by atoms with Gasteiger partial charge in [0.1, 0.15) is 22.9 Å². The topological polar surface area (TPSA) is 93.5 Å². The third-order valence-electron chi connectivity index (χ3n) is 6.76. The molecule has 1 atom stereocenters. The van der Waals surface area contributed by atoms with Gasteiger partial charge in [-0.2, -0.15) is 0 Å². The average molecular weight is 450 g/mol. The van der Waals surface area contributed by atoms with E-state index in [0.717, 1.165) is 38.2 Å². The fourth-order valence-corrected chi connectivity index (χ4v) is 5.05. The number of ether oxygens (including phenoxy) is 1. The standard InChI is InChI=1S/C22H25ClFN3O4/c1-13-10-21(27-20(29)16-11-25-31-14(16)2)5-7-22(13,8-6-21)26-19(28)12-30-15-3-4-17(23)18(24)9-15/h3-4,9,11,13H,5-8,10,12H2,1-2H3,(H,26,28)(H,27,29). The van der Waals surface area contributed by atoms with Crippen LogP contribution in [0, 0.1) is 18.7 Å².